The number of carbonyl (C=O) groups is 4. The number of rotatable bonds is 7. The van der Waals surface area contributed by atoms with Gasteiger partial charge in [-0.15, -0.1) is 0 Å². The molecule has 0 spiro atoms. The third-order valence-corrected chi connectivity index (χ3v) is 8.20. The Morgan fingerprint density at radius 3 is 2.05 bits per heavy atom. The van der Waals surface area contributed by atoms with Crippen LogP contribution >= 0.6 is 11.3 Å². The molecule has 0 bridgehead atoms. The fourth-order valence-corrected chi connectivity index (χ4v) is 6.50. The lowest BCUT2D eigenvalue weighted by Gasteiger charge is -2.43. The van der Waals surface area contributed by atoms with E-state index in [2.05, 4.69) is 4.98 Å². The van der Waals surface area contributed by atoms with Gasteiger partial charge in [-0.25, -0.2) is 13.4 Å². The lowest BCUT2D eigenvalue weighted by molar-refractivity contribution is -0.238. The van der Waals surface area contributed by atoms with Crippen molar-refractivity contribution in [2.75, 3.05) is 6.61 Å². The van der Waals surface area contributed by atoms with Crippen molar-refractivity contribution in [2.45, 2.75) is 61.9 Å². The molecule has 1 aliphatic heterocycles. The summed E-state index contributed by atoms with van der Waals surface area (Å²) in [4.78, 5) is 63.9. The van der Waals surface area contributed by atoms with Crippen LogP contribution in [0.1, 0.15) is 27.7 Å². The Hall–Kier alpha value is -3.43. The van der Waals surface area contributed by atoms with E-state index in [0.717, 1.165) is 27.7 Å². The van der Waals surface area contributed by atoms with E-state index in [1.807, 2.05) is 0 Å². The highest BCUT2D eigenvalue weighted by atomic mass is 32.2. The fourth-order valence-electron chi connectivity index (χ4n) is 3.66. The highest BCUT2D eigenvalue weighted by Crippen LogP contribution is 2.34. The van der Waals surface area contributed by atoms with Gasteiger partial charge in [-0.05, 0) is 12.1 Å². The number of carbonyl (C=O) groups excluding carboxylic acids is 4. The van der Waals surface area contributed by atoms with Gasteiger partial charge in [-0.2, -0.15) is 0 Å². The first-order valence-corrected chi connectivity index (χ1v) is 13.1. The maximum Gasteiger partial charge on any atom is 0.303 e. The molecule has 2 aromatic rings. The van der Waals surface area contributed by atoms with Crippen LogP contribution in [-0.4, -0.2) is 73.7 Å². The summed E-state index contributed by atoms with van der Waals surface area (Å²) in [7, 11) is -4.73. The van der Waals surface area contributed by atoms with Gasteiger partial charge in [0.15, 0.2) is 18.3 Å². The summed E-state index contributed by atoms with van der Waals surface area (Å²) in [6.07, 6.45) is -6.53. The molecule has 2 heterocycles. The number of hydrogen-bond acceptors (Lipinski definition) is 14. The topological polar surface area (TPSA) is 179 Å². The molecule has 0 aliphatic carbocycles. The van der Waals surface area contributed by atoms with Crippen molar-refractivity contribution < 1.29 is 51.3 Å². The molecule has 1 aromatic heterocycles. The van der Waals surface area contributed by atoms with Crippen LogP contribution in [0.2, 0.25) is 0 Å². The summed E-state index contributed by atoms with van der Waals surface area (Å²) in [5.74, 6) is -3.51. The third kappa shape index (κ3) is 6.47. The van der Waals surface area contributed by atoms with E-state index in [9.17, 15) is 32.4 Å². The minimum absolute atomic E-state index is 0.0930. The van der Waals surface area contributed by atoms with Gasteiger partial charge in [-0.1, -0.05) is 23.5 Å². The second kappa shape index (κ2) is 11.3. The molecule has 0 unspecified atom stereocenters. The predicted octanol–water partition coefficient (Wildman–Crippen LogP) is 0.513. The molecular formula is C22H23NO12S2. The molecule has 1 aliphatic rings. The Morgan fingerprint density at radius 2 is 1.46 bits per heavy atom. The minimum atomic E-state index is -4.73. The summed E-state index contributed by atoms with van der Waals surface area (Å²) in [5.41, 5.74) is -1.99. The van der Waals surface area contributed by atoms with Crippen LogP contribution < -0.4 is 4.74 Å². The van der Waals surface area contributed by atoms with E-state index < -0.39 is 79.3 Å². The first kappa shape index (κ1) is 28.1. The van der Waals surface area contributed by atoms with Gasteiger partial charge in [0.2, 0.25) is 24.4 Å². The van der Waals surface area contributed by atoms with E-state index in [-0.39, 0.29) is 10.9 Å². The van der Waals surface area contributed by atoms with E-state index in [0.29, 0.717) is 11.3 Å². The summed E-state index contributed by atoms with van der Waals surface area (Å²) < 4.78 is 52.6. The molecule has 0 N–H and O–H groups in total. The van der Waals surface area contributed by atoms with Crippen LogP contribution in [0.5, 0.6) is 0 Å². The molecule has 1 saturated heterocycles. The summed E-state index contributed by atoms with van der Waals surface area (Å²) in [6, 6.07) is 6.07. The zero-order valence-electron chi connectivity index (χ0n) is 20.1. The molecule has 13 nitrogen and oxygen atoms in total. The first-order chi connectivity index (χ1) is 17.3. The standard InChI is InChI=1S/C22H23NO12S2/c1-10(24)31-9-16-17(32-11(2)25)18(33-12(3)26)19(34-13(4)27)21(35-16)37(29,30)22-23-15-8-6-5-7-14(15)20(28)36-22/h5-8,16-19,21H,9H2,1-4H3/t16-,17+,18-,19+,21+/m0/s1. The third-order valence-electron chi connectivity index (χ3n) is 5.01. The molecule has 15 heteroatoms. The summed E-state index contributed by atoms with van der Waals surface area (Å²) >= 11 is 0.321. The molecule has 1 aromatic carbocycles. The lowest BCUT2D eigenvalue weighted by atomic mass is 9.99. The van der Waals surface area contributed by atoms with Crippen LogP contribution in [0.4, 0.5) is 0 Å². The Morgan fingerprint density at radius 1 is 0.892 bits per heavy atom. The van der Waals surface area contributed by atoms with Gasteiger partial charge in [0.25, 0.3) is 0 Å². The highest BCUT2D eigenvalue weighted by molar-refractivity contribution is 7.93. The maximum atomic E-state index is 13.8. The van der Waals surface area contributed by atoms with Crippen LogP contribution in [0.3, 0.4) is 0 Å². The van der Waals surface area contributed by atoms with E-state index in [4.69, 9.17) is 23.7 Å². The van der Waals surface area contributed by atoms with Gasteiger partial charge in [0.1, 0.15) is 12.7 Å². The second-order valence-electron chi connectivity index (χ2n) is 7.90. The van der Waals surface area contributed by atoms with Gasteiger partial charge in [0, 0.05) is 27.7 Å². The quantitative estimate of drug-likeness (QED) is 0.340. The lowest BCUT2D eigenvalue weighted by Crippen LogP contribution is -2.64. The molecular weight excluding hydrogens is 534 g/mol. The normalized spacial score (nSPS) is 23.6. The number of aromatic nitrogens is 1. The molecule has 3 rings (SSSR count). The van der Waals surface area contributed by atoms with Crippen LogP contribution in [0.25, 0.3) is 10.9 Å². The van der Waals surface area contributed by atoms with E-state index >= 15 is 0 Å². The van der Waals surface area contributed by atoms with Gasteiger partial charge >= 0.3 is 23.9 Å². The van der Waals surface area contributed by atoms with Crippen molar-refractivity contribution in [3.05, 3.63) is 33.8 Å². The zero-order chi connectivity index (χ0) is 27.5. The largest absolute Gasteiger partial charge is 0.463 e. The Bertz CT molecular complexity index is 1390. The fraction of sp³-hybridized carbons (Fsp3) is 0.455. The Balaban J connectivity index is 2.18. The number of ether oxygens (including phenoxy) is 5. The highest BCUT2D eigenvalue weighted by Gasteiger charge is 2.57. The molecule has 37 heavy (non-hydrogen) atoms. The monoisotopic (exact) mass is 557 g/mol. The minimum Gasteiger partial charge on any atom is -0.463 e. The average Bonchev–Trinajstić information content (AvgIpc) is 2.79. The average molecular weight is 558 g/mol. The maximum absolute atomic E-state index is 13.8. The van der Waals surface area contributed by atoms with Crippen molar-refractivity contribution in [3.8, 4) is 0 Å². The number of hydrogen-bond donors (Lipinski definition) is 0. The van der Waals surface area contributed by atoms with Gasteiger partial charge in [0.05, 0.1) is 10.9 Å². The predicted molar refractivity (Wildman–Crippen MR) is 125 cm³/mol. The summed E-state index contributed by atoms with van der Waals surface area (Å²) in [6.45, 7) is 3.50. The molecule has 1 fully saturated rings. The zero-order valence-corrected chi connectivity index (χ0v) is 21.7. The first-order valence-electron chi connectivity index (χ1n) is 10.8. The Labute approximate surface area is 214 Å². The van der Waals surface area contributed by atoms with Crippen LogP contribution in [0.15, 0.2) is 33.4 Å². The van der Waals surface area contributed by atoms with Crippen molar-refractivity contribution in [3.63, 3.8) is 0 Å². The molecule has 0 radical (unpaired) electrons. The number of sulfone groups is 1. The molecule has 0 amide bonds. The number of fused-ring (bicyclic) bond motifs is 1. The van der Waals surface area contributed by atoms with Gasteiger partial charge < -0.3 is 23.7 Å². The van der Waals surface area contributed by atoms with E-state index in [1.165, 1.54) is 12.1 Å². The van der Waals surface area contributed by atoms with Crippen molar-refractivity contribution >= 4 is 56.0 Å². The molecule has 5 atom stereocenters. The molecule has 0 saturated carbocycles. The van der Waals surface area contributed by atoms with Crippen LogP contribution in [-0.2, 0) is 52.7 Å². The van der Waals surface area contributed by atoms with Gasteiger partial charge in [-0.3, -0.25) is 24.0 Å². The SMILES string of the molecule is CC(=O)OC[C@@H]1O[C@H](S(=O)(=O)c2nc3ccccc3c(=O)s2)[C@H](OC(C)=O)[C@@H](OC(C)=O)[C@@H]1OC(C)=O. The van der Waals surface area contributed by atoms with Crippen molar-refractivity contribution in [1.29, 1.82) is 0 Å². The Kier molecular flexibility index (Phi) is 8.60. The van der Waals surface area contributed by atoms with E-state index in [1.54, 1.807) is 12.1 Å². The number of esters is 4. The summed E-state index contributed by atoms with van der Waals surface area (Å²) in [5, 5.41) is 0.188. The smallest absolute Gasteiger partial charge is 0.303 e. The second-order valence-corrected chi connectivity index (χ2v) is 11.1. The van der Waals surface area contributed by atoms with Crippen molar-refractivity contribution in [2.24, 2.45) is 0 Å². The number of para-hydroxylation sites is 1. The molecule has 200 valence electrons. The van der Waals surface area contributed by atoms with Crippen LogP contribution in [0, 0.1) is 0 Å². The number of nitrogens with zero attached hydrogens (tertiary/aromatic N) is 1. The number of benzene rings is 1. The van der Waals surface area contributed by atoms with Crippen molar-refractivity contribution in [1.82, 2.24) is 4.98 Å².